The molecule has 2 fully saturated rings. The number of anilines is 1. The van der Waals surface area contributed by atoms with E-state index in [1.807, 2.05) is 42.1 Å². The molecule has 1 amide bonds. The van der Waals surface area contributed by atoms with Crippen molar-refractivity contribution in [1.29, 1.82) is 0 Å². The van der Waals surface area contributed by atoms with Gasteiger partial charge in [-0.3, -0.25) is 9.80 Å². The number of amides is 1. The average molecular weight is 306 g/mol. The van der Waals surface area contributed by atoms with Crippen LogP contribution in [0.15, 0.2) is 30.3 Å². The number of cyclic esters (lactones) is 1. The van der Waals surface area contributed by atoms with Crippen molar-refractivity contribution < 1.29 is 9.53 Å². The number of hydrogen-bond donors (Lipinski definition) is 0. The maximum atomic E-state index is 12.0. The van der Waals surface area contributed by atoms with Gasteiger partial charge in [-0.1, -0.05) is 32.0 Å². The van der Waals surface area contributed by atoms with Crippen molar-refractivity contribution in [2.45, 2.75) is 30.5 Å². The molecule has 1 aromatic carbocycles. The fraction of sp³-hybridized carbons (Fsp3) is 0.562. The number of carbonyl (C=O) groups is 1. The third-order valence-electron chi connectivity index (χ3n) is 3.90. The fourth-order valence-corrected chi connectivity index (χ4v) is 4.54. The number of carbonyl (C=O) groups excluding carboxylic acids is 1. The molecule has 0 bridgehead atoms. The molecule has 1 aromatic rings. The van der Waals surface area contributed by atoms with Crippen LogP contribution in [0, 0.1) is 0 Å². The van der Waals surface area contributed by atoms with Crippen LogP contribution in [0.4, 0.5) is 10.5 Å². The van der Waals surface area contributed by atoms with Crippen molar-refractivity contribution in [2.24, 2.45) is 0 Å². The van der Waals surface area contributed by atoms with Crippen molar-refractivity contribution in [3.8, 4) is 0 Å². The summed E-state index contributed by atoms with van der Waals surface area (Å²) in [6.07, 6.45) is -0.251. The van der Waals surface area contributed by atoms with Gasteiger partial charge in [-0.25, -0.2) is 4.79 Å². The van der Waals surface area contributed by atoms with Crippen molar-refractivity contribution in [3.05, 3.63) is 30.3 Å². The lowest BCUT2D eigenvalue weighted by Crippen LogP contribution is -2.44. The monoisotopic (exact) mass is 306 g/mol. The van der Waals surface area contributed by atoms with E-state index in [1.165, 1.54) is 0 Å². The molecule has 4 nitrogen and oxygen atoms in total. The minimum Gasteiger partial charge on any atom is -0.443 e. The predicted octanol–water partition coefficient (Wildman–Crippen LogP) is 2.84. The fourth-order valence-electron chi connectivity index (χ4n) is 3.16. The molecule has 2 aliphatic heterocycles. The number of nitrogens with zero attached hydrogens (tertiary/aromatic N) is 2. The zero-order valence-electron chi connectivity index (χ0n) is 12.6. The Morgan fingerprint density at radius 3 is 2.48 bits per heavy atom. The van der Waals surface area contributed by atoms with E-state index < -0.39 is 0 Å². The number of thioether (sulfide) groups is 1. The smallest absolute Gasteiger partial charge is 0.414 e. The molecule has 0 aromatic heterocycles. The number of benzene rings is 1. The van der Waals surface area contributed by atoms with Gasteiger partial charge in [-0.05, 0) is 12.1 Å². The van der Waals surface area contributed by atoms with E-state index in [2.05, 4.69) is 18.7 Å². The minimum absolute atomic E-state index is 0.0276. The van der Waals surface area contributed by atoms with Crippen LogP contribution < -0.4 is 4.90 Å². The molecule has 0 saturated carbocycles. The molecule has 0 unspecified atom stereocenters. The zero-order valence-corrected chi connectivity index (χ0v) is 13.4. The second-order valence-electron chi connectivity index (χ2n) is 5.93. The lowest BCUT2D eigenvalue weighted by molar-refractivity contribution is 0.108. The molecule has 0 spiro atoms. The van der Waals surface area contributed by atoms with Gasteiger partial charge in [0.1, 0.15) is 6.10 Å². The first-order valence-corrected chi connectivity index (χ1v) is 8.47. The Bertz CT molecular complexity index is 486. The second-order valence-corrected chi connectivity index (χ2v) is 7.81. The van der Waals surface area contributed by atoms with Crippen LogP contribution in [0.25, 0.3) is 0 Å². The van der Waals surface area contributed by atoms with Crippen molar-refractivity contribution in [1.82, 2.24) is 4.90 Å². The quantitative estimate of drug-likeness (QED) is 0.860. The van der Waals surface area contributed by atoms with E-state index in [0.29, 0.717) is 17.0 Å². The van der Waals surface area contributed by atoms with E-state index in [-0.39, 0.29) is 12.2 Å². The summed E-state index contributed by atoms with van der Waals surface area (Å²) >= 11 is 2.04. The van der Waals surface area contributed by atoms with Crippen molar-refractivity contribution >= 4 is 23.5 Å². The van der Waals surface area contributed by atoms with Gasteiger partial charge < -0.3 is 4.74 Å². The van der Waals surface area contributed by atoms with Crippen LogP contribution in [0.2, 0.25) is 0 Å². The minimum atomic E-state index is -0.223. The largest absolute Gasteiger partial charge is 0.443 e. The lowest BCUT2D eigenvalue weighted by atomic mass is 10.2. The molecule has 0 radical (unpaired) electrons. The summed E-state index contributed by atoms with van der Waals surface area (Å²) < 4.78 is 5.54. The first-order chi connectivity index (χ1) is 10.1. The number of hydrogen-bond acceptors (Lipinski definition) is 4. The van der Waals surface area contributed by atoms with Crippen LogP contribution in [0.1, 0.15) is 13.8 Å². The molecule has 0 aliphatic carbocycles. The van der Waals surface area contributed by atoms with Gasteiger partial charge in [0.25, 0.3) is 0 Å². The first kappa shape index (κ1) is 14.7. The number of rotatable bonds is 3. The Kier molecular flexibility index (Phi) is 4.40. The predicted molar refractivity (Wildman–Crippen MR) is 87.0 cm³/mol. The van der Waals surface area contributed by atoms with Gasteiger partial charge >= 0.3 is 6.09 Å². The van der Waals surface area contributed by atoms with Crippen LogP contribution >= 0.6 is 11.8 Å². The maximum absolute atomic E-state index is 12.0. The molecular weight excluding hydrogens is 284 g/mol. The van der Waals surface area contributed by atoms with Gasteiger partial charge in [-0.15, -0.1) is 0 Å². The molecular formula is C16H22N2O2S. The SMILES string of the molecule is C[C@@H]1CN(C[C@@H]2CN(c3ccccc3)C(=O)O2)C[C@H](C)S1. The van der Waals surface area contributed by atoms with E-state index in [0.717, 1.165) is 25.3 Å². The summed E-state index contributed by atoms with van der Waals surface area (Å²) in [5.74, 6) is 0. The molecule has 2 saturated heterocycles. The molecule has 2 aliphatic rings. The molecule has 0 N–H and O–H groups in total. The van der Waals surface area contributed by atoms with Crippen molar-refractivity contribution in [2.75, 3.05) is 31.1 Å². The Morgan fingerprint density at radius 2 is 1.81 bits per heavy atom. The van der Waals surface area contributed by atoms with Crippen LogP contribution in [0.5, 0.6) is 0 Å². The summed E-state index contributed by atoms with van der Waals surface area (Å²) in [5.41, 5.74) is 0.918. The second kappa shape index (κ2) is 6.28. The lowest BCUT2D eigenvalue weighted by Gasteiger charge is -2.35. The number of ether oxygens (including phenoxy) is 1. The first-order valence-electron chi connectivity index (χ1n) is 7.53. The average Bonchev–Trinajstić information content (AvgIpc) is 2.79. The van der Waals surface area contributed by atoms with E-state index in [9.17, 15) is 4.79 Å². The van der Waals surface area contributed by atoms with E-state index >= 15 is 0 Å². The van der Waals surface area contributed by atoms with E-state index in [1.54, 1.807) is 4.90 Å². The summed E-state index contributed by atoms with van der Waals surface area (Å²) in [5, 5.41) is 1.30. The summed E-state index contributed by atoms with van der Waals surface area (Å²) in [6.45, 7) is 8.18. The van der Waals surface area contributed by atoms with Crippen LogP contribution in [0.3, 0.4) is 0 Å². The van der Waals surface area contributed by atoms with Gasteiger partial charge in [0.15, 0.2) is 0 Å². The maximum Gasteiger partial charge on any atom is 0.414 e. The van der Waals surface area contributed by atoms with Crippen LogP contribution in [-0.2, 0) is 4.74 Å². The third kappa shape index (κ3) is 3.52. The van der Waals surface area contributed by atoms with E-state index in [4.69, 9.17) is 4.74 Å². The highest BCUT2D eigenvalue weighted by molar-refractivity contribution is 8.00. The normalized spacial score (nSPS) is 30.5. The highest BCUT2D eigenvalue weighted by atomic mass is 32.2. The van der Waals surface area contributed by atoms with Gasteiger partial charge in [-0.2, -0.15) is 11.8 Å². The standard InChI is InChI=1S/C16H22N2O2S/c1-12-8-17(9-13(2)21-12)10-15-11-18(16(19)20-15)14-6-4-3-5-7-14/h3-7,12-13,15H,8-11H2,1-2H3/t12-,13+,15-/m1/s1. The van der Waals surface area contributed by atoms with Gasteiger partial charge in [0, 0.05) is 35.8 Å². The highest BCUT2D eigenvalue weighted by Crippen LogP contribution is 2.26. The summed E-state index contributed by atoms with van der Waals surface area (Å²) in [6, 6.07) is 9.75. The Balaban J connectivity index is 1.60. The Morgan fingerprint density at radius 1 is 1.14 bits per heavy atom. The topological polar surface area (TPSA) is 32.8 Å². The van der Waals surface area contributed by atoms with Gasteiger partial charge in [0.05, 0.1) is 6.54 Å². The third-order valence-corrected chi connectivity index (χ3v) is 5.13. The molecule has 5 heteroatoms. The Labute approximate surface area is 130 Å². The zero-order chi connectivity index (χ0) is 14.8. The Hall–Kier alpha value is -1.20. The van der Waals surface area contributed by atoms with Gasteiger partial charge in [0.2, 0.25) is 0 Å². The molecule has 3 atom stereocenters. The van der Waals surface area contributed by atoms with Crippen molar-refractivity contribution in [3.63, 3.8) is 0 Å². The molecule has 114 valence electrons. The molecule has 2 heterocycles. The summed E-state index contributed by atoms with van der Waals surface area (Å²) in [4.78, 5) is 16.2. The molecule has 3 rings (SSSR count). The summed E-state index contributed by atoms with van der Waals surface area (Å²) in [7, 11) is 0. The number of para-hydroxylation sites is 1. The highest BCUT2D eigenvalue weighted by Gasteiger charge is 2.34. The molecule has 21 heavy (non-hydrogen) atoms. The van der Waals surface area contributed by atoms with Crippen LogP contribution in [-0.4, -0.2) is 53.8 Å².